The van der Waals surface area contributed by atoms with Crippen LogP contribution in [0.15, 0.2) is 48.5 Å². The minimum atomic E-state index is -0.420. The lowest BCUT2D eigenvalue weighted by Crippen LogP contribution is -2.51. The second kappa shape index (κ2) is 7.34. The van der Waals surface area contributed by atoms with Crippen molar-refractivity contribution in [3.05, 3.63) is 65.5 Å². The summed E-state index contributed by atoms with van der Waals surface area (Å²) >= 11 is 0. The molecule has 0 saturated carbocycles. The molecule has 2 aromatic rings. The summed E-state index contributed by atoms with van der Waals surface area (Å²) in [6, 6.07) is 13.2. The van der Waals surface area contributed by atoms with Crippen molar-refractivity contribution >= 4 is 12.0 Å². The first kappa shape index (κ1) is 17.0. The second-order valence-electron chi connectivity index (χ2n) is 5.92. The highest BCUT2D eigenvalue weighted by atomic mass is 19.1. The van der Waals surface area contributed by atoms with Gasteiger partial charge in [0.15, 0.2) is 0 Å². The molecule has 130 valence electrons. The fourth-order valence-electron chi connectivity index (χ4n) is 2.71. The number of para-hydroxylation sites is 1. The Bertz CT molecular complexity index is 771. The van der Waals surface area contributed by atoms with Crippen molar-refractivity contribution in [1.29, 1.82) is 0 Å². The number of nitrogens with zero attached hydrogens (tertiary/aromatic N) is 2. The van der Waals surface area contributed by atoms with Crippen LogP contribution in [0.5, 0.6) is 5.75 Å². The number of hydrogen-bond acceptors (Lipinski definition) is 3. The smallest absolute Gasteiger partial charge is 0.410 e. The molecule has 5 nitrogen and oxygen atoms in total. The maximum Gasteiger partial charge on any atom is 0.415 e. The van der Waals surface area contributed by atoms with Crippen LogP contribution in [-0.2, 0) is 0 Å². The Morgan fingerprint density at radius 3 is 2.24 bits per heavy atom. The van der Waals surface area contributed by atoms with Crippen LogP contribution >= 0.6 is 0 Å². The molecule has 2 aromatic carbocycles. The molecule has 6 heteroatoms. The molecule has 0 unspecified atom stereocenters. The molecular weight excluding hydrogens is 323 g/mol. The fraction of sp³-hybridized carbons (Fsp3) is 0.263. The zero-order valence-corrected chi connectivity index (χ0v) is 13.9. The van der Waals surface area contributed by atoms with Crippen LogP contribution in [0.3, 0.4) is 0 Å². The van der Waals surface area contributed by atoms with E-state index in [0.717, 1.165) is 0 Å². The molecule has 0 bridgehead atoms. The van der Waals surface area contributed by atoms with Gasteiger partial charge in [0.25, 0.3) is 5.91 Å². The fourth-order valence-corrected chi connectivity index (χ4v) is 2.71. The van der Waals surface area contributed by atoms with Gasteiger partial charge in [-0.25, -0.2) is 9.18 Å². The zero-order valence-electron chi connectivity index (χ0n) is 13.9. The van der Waals surface area contributed by atoms with E-state index in [-0.39, 0.29) is 11.7 Å². The minimum Gasteiger partial charge on any atom is -0.410 e. The average molecular weight is 342 g/mol. The van der Waals surface area contributed by atoms with Crippen molar-refractivity contribution in [1.82, 2.24) is 9.80 Å². The molecular formula is C19H19FN2O3. The van der Waals surface area contributed by atoms with Crippen LogP contribution in [0.1, 0.15) is 15.9 Å². The summed E-state index contributed by atoms with van der Waals surface area (Å²) in [6.45, 7) is 3.26. The number of ether oxygens (including phenoxy) is 1. The first-order valence-corrected chi connectivity index (χ1v) is 8.12. The zero-order chi connectivity index (χ0) is 17.8. The van der Waals surface area contributed by atoms with Crippen molar-refractivity contribution in [2.75, 3.05) is 26.2 Å². The topological polar surface area (TPSA) is 49.9 Å². The molecule has 1 heterocycles. The van der Waals surface area contributed by atoms with E-state index in [1.165, 1.54) is 12.1 Å². The second-order valence-corrected chi connectivity index (χ2v) is 5.92. The summed E-state index contributed by atoms with van der Waals surface area (Å²) in [5.74, 6) is 0.0111. The van der Waals surface area contributed by atoms with Gasteiger partial charge in [-0.15, -0.1) is 0 Å². The monoisotopic (exact) mass is 342 g/mol. The number of benzene rings is 2. The largest absolute Gasteiger partial charge is 0.415 e. The molecule has 0 atom stereocenters. The van der Waals surface area contributed by atoms with Crippen LogP contribution in [0.2, 0.25) is 0 Å². The van der Waals surface area contributed by atoms with Crippen molar-refractivity contribution in [3.63, 3.8) is 0 Å². The van der Waals surface area contributed by atoms with E-state index < -0.39 is 6.09 Å². The Morgan fingerprint density at radius 1 is 0.960 bits per heavy atom. The Labute approximate surface area is 145 Å². The van der Waals surface area contributed by atoms with Crippen LogP contribution < -0.4 is 4.74 Å². The lowest BCUT2D eigenvalue weighted by molar-refractivity contribution is 0.0633. The number of carbonyl (C=O) groups excluding carboxylic acids is 2. The van der Waals surface area contributed by atoms with Gasteiger partial charge in [-0.05, 0) is 42.8 Å². The average Bonchev–Trinajstić information content (AvgIpc) is 2.64. The third-order valence-corrected chi connectivity index (χ3v) is 4.18. The number of hydrogen-bond donors (Lipinski definition) is 0. The molecule has 0 spiro atoms. The highest BCUT2D eigenvalue weighted by Crippen LogP contribution is 2.15. The highest BCUT2D eigenvalue weighted by Gasteiger charge is 2.26. The molecule has 0 aromatic heterocycles. The maximum absolute atomic E-state index is 13.3. The van der Waals surface area contributed by atoms with Gasteiger partial charge < -0.3 is 14.5 Å². The van der Waals surface area contributed by atoms with Gasteiger partial charge in [0.1, 0.15) is 11.6 Å². The number of halogens is 1. The lowest BCUT2D eigenvalue weighted by Gasteiger charge is -2.34. The van der Waals surface area contributed by atoms with Crippen molar-refractivity contribution in [2.45, 2.75) is 6.92 Å². The van der Waals surface area contributed by atoms with E-state index in [9.17, 15) is 14.0 Å². The standard InChI is InChI=1S/C19H19FN2O3/c1-14-13-15(7-8-17(14)20)18(23)21-9-11-22(12-10-21)19(24)25-16-5-3-2-4-6-16/h2-8,13H,9-12H2,1H3. The molecule has 0 aliphatic carbocycles. The first-order valence-electron chi connectivity index (χ1n) is 8.12. The Kier molecular flexibility index (Phi) is 4.97. The molecule has 1 aliphatic rings. The molecule has 25 heavy (non-hydrogen) atoms. The van der Waals surface area contributed by atoms with Gasteiger partial charge in [0, 0.05) is 31.7 Å². The normalized spacial score (nSPS) is 14.3. The minimum absolute atomic E-state index is 0.154. The summed E-state index contributed by atoms with van der Waals surface area (Å²) in [4.78, 5) is 27.9. The Balaban J connectivity index is 1.57. The predicted molar refractivity (Wildman–Crippen MR) is 91.1 cm³/mol. The van der Waals surface area contributed by atoms with Crippen LogP contribution in [0.25, 0.3) is 0 Å². The number of piperazine rings is 1. The first-order chi connectivity index (χ1) is 12.0. The number of aryl methyl sites for hydroxylation is 1. The van der Waals surface area contributed by atoms with Gasteiger partial charge in [0.05, 0.1) is 0 Å². The summed E-state index contributed by atoms with van der Waals surface area (Å²) in [5.41, 5.74) is 0.898. The van der Waals surface area contributed by atoms with Crippen molar-refractivity contribution < 1.29 is 18.7 Å². The van der Waals surface area contributed by atoms with E-state index >= 15 is 0 Å². The molecule has 2 amide bonds. The summed E-state index contributed by atoms with van der Waals surface area (Å²) in [6.07, 6.45) is -0.420. The number of rotatable bonds is 2. The van der Waals surface area contributed by atoms with Gasteiger partial charge in [-0.1, -0.05) is 18.2 Å². The molecule has 0 N–H and O–H groups in total. The van der Waals surface area contributed by atoms with Crippen LogP contribution in [0, 0.1) is 12.7 Å². The third-order valence-electron chi connectivity index (χ3n) is 4.18. The maximum atomic E-state index is 13.3. The Morgan fingerprint density at radius 2 is 1.60 bits per heavy atom. The summed E-state index contributed by atoms with van der Waals surface area (Å²) in [7, 11) is 0. The van der Waals surface area contributed by atoms with E-state index in [0.29, 0.717) is 43.1 Å². The molecule has 1 aliphatic heterocycles. The van der Waals surface area contributed by atoms with Gasteiger partial charge >= 0.3 is 6.09 Å². The summed E-state index contributed by atoms with van der Waals surface area (Å²) in [5, 5.41) is 0. The number of carbonyl (C=O) groups is 2. The SMILES string of the molecule is Cc1cc(C(=O)N2CCN(C(=O)Oc3ccccc3)CC2)ccc1F. The van der Waals surface area contributed by atoms with Crippen LogP contribution in [0.4, 0.5) is 9.18 Å². The van der Waals surface area contributed by atoms with Gasteiger partial charge in [-0.2, -0.15) is 0 Å². The quantitative estimate of drug-likeness (QED) is 0.843. The van der Waals surface area contributed by atoms with Crippen LogP contribution in [-0.4, -0.2) is 48.0 Å². The molecule has 0 radical (unpaired) electrons. The lowest BCUT2D eigenvalue weighted by atomic mass is 10.1. The van der Waals surface area contributed by atoms with E-state index in [2.05, 4.69) is 0 Å². The summed E-state index contributed by atoms with van der Waals surface area (Å²) < 4.78 is 18.6. The molecule has 1 fully saturated rings. The van der Waals surface area contributed by atoms with Gasteiger partial charge in [-0.3, -0.25) is 4.79 Å². The van der Waals surface area contributed by atoms with E-state index in [4.69, 9.17) is 4.74 Å². The van der Waals surface area contributed by atoms with E-state index in [1.807, 2.05) is 6.07 Å². The molecule has 3 rings (SSSR count). The van der Waals surface area contributed by atoms with Crippen molar-refractivity contribution in [3.8, 4) is 5.75 Å². The molecule has 1 saturated heterocycles. The number of amides is 2. The van der Waals surface area contributed by atoms with Gasteiger partial charge in [0.2, 0.25) is 0 Å². The predicted octanol–water partition coefficient (Wildman–Crippen LogP) is 3.09. The highest BCUT2D eigenvalue weighted by molar-refractivity contribution is 5.94. The Hall–Kier alpha value is -2.89. The van der Waals surface area contributed by atoms with E-state index in [1.54, 1.807) is 47.1 Å². The van der Waals surface area contributed by atoms with Crippen molar-refractivity contribution in [2.24, 2.45) is 0 Å². The third kappa shape index (κ3) is 3.96.